The fraction of sp³-hybridized carbons (Fsp3) is 0.571. The Kier molecular flexibility index (Phi) is 4.25. The first-order valence-electron chi connectivity index (χ1n) is 6.87. The number of benzene rings is 1. The summed E-state index contributed by atoms with van der Waals surface area (Å²) in [4.78, 5) is 0. The minimum atomic E-state index is -3.51. The van der Waals surface area contributed by atoms with Gasteiger partial charge in [-0.05, 0) is 55.9 Å². The van der Waals surface area contributed by atoms with Gasteiger partial charge in [0.1, 0.15) is 5.75 Å². The number of nitrogens with zero attached hydrogens (tertiary/aromatic N) is 1. The molecule has 0 amide bonds. The molecule has 1 saturated heterocycles. The SMILES string of the molecule is Cc1cc(NS(=O)(=O)N2CCC(C)CC2)c(C)cc1O. The number of phenols is 1. The Balaban J connectivity index is 2.18. The van der Waals surface area contributed by atoms with E-state index >= 15 is 0 Å². The van der Waals surface area contributed by atoms with Gasteiger partial charge in [0.05, 0.1) is 5.69 Å². The first-order valence-corrected chi connectivity index (χ1v) is 8.31. The number of rotatable bonds is 3. The van der Waals surface area contributed by atoms with Crippen LogP contribution in [0.3, 0.4) is 0 Å². The third kappa shape index (κ3) is 3.24. The number of hydrogen-bond donors (Lipinski definition) is 2. The van der Waals surface area contributed by atoms with E-state index in [0.29, 0.717) is 35.8 Å². The smallest absolute Gasteiger partial charge is 0.301 e. The molecular weight excluding hydrogens is 276 g/mol. The summed E-state index contributed by atoms with van der Waals surface area (Å²) in [5.41, 5.74) is 1.89. The van der Waals surface area contributed by atoms with E-state index in [0.717, 1.165) is 12.8 Å². The number of anilines is 1. The first-order chi connectivity index (χ1) is 9.29. The Bertz CT molecular complexity index is 591. The summed E-state index contributed by atoms with van der Waals surface area (Å²) >= 11 is 0. The van der Waals surface area contributed by atoms with Gasteiger partial charge in [0, 0.05) is 13.1 Å². The second kappa shape index (κ2) is 5.61. The van der Waals surface area contributed by atoms with E-state index in [1.807, 2.05) is 0 Å². The van der Waals surface area contributed by atoms with Crippen LogP contribution in [-0.4, -0.2) is 30.9 Å². The van der Waals surface area contributed by atoms with E-state index in [1.54, 1.807) is 26.0 Å². The van der Waals surface area contributed by atoms with Crippen molar-refractivity contribution in [2.75, 3.05) is 17.8 Å². The molecule has 1 aromatic rings. The van der Waals surface area contributed by atoms with Crippen LogP contribution in [0.4, 0.5) is 5.69 Å². The highest BCUT2D eigenvalue weighted by molar-refractivity contribution is 7.90. The summed E-state index contributed by atoms with van der Waals surface area (Å²) in [7, 11) is -3.51. The fourth-order valence-electron chi connectivity index (χ4n) is 2.34. The average Bonchev–Trinajstić information content (AvgIpc) is 2.36. The zero-order valence-corrected chi connectivity index (χ0v) is 13.0. The maximum atomic E-state index is 12.4. The van der Waals surface area contributed by atoms with Gasteiger partial charge in [-0.15, -0.1) is 0 Å². The normalized spacial score (nSPS) is 18.1. The van der Waals surface area contributed by atoms with Crippen LogP contribution in [0.2, 0.25) is 0 Å². The second-order valence-electron chi connectivity index (χ2n) is 5.64. The lowest BCUT2D eigenvalue weighted by Crippen LogP contribution is -2.41. The maximum absolute atomic E-state index is 12.4. The lowest BCUT2D eigenvalue weighted by molar-refractivity contribution is 0.289. The minimum absolute atomic E-state index is 0.178. The van der Waals surface area contributed by atoms with Gasteiger partial charge in [0.15, 0.2) is 0 Å². The van der Waals surface area contributed by atoms with Crippen LogP contribution in [0.1, 0.15) is 30.9 Å². The summed E-state index contributed by atoms with van der Waals surface area (Å²) < 4.78 is 28.8. The molecule has 1 aliphatic heterocycles. The fourth-order valence-corrected chi connectivity index (χ4v) is 3.66. The molecular formula is C14H22N2O3S. The Morgan fingerprint density at radius 2 is 1.80 bits per heavy atom. The zero-order valence-electron chi connectivity index (χ0n) is 12.2. The van der Waals surface area contributed by atoms with E-state index in [2.05, 4.69) is 11.6 Å². The predicted octanol–water partition coefficient (Wildman–Crippen LogP) is 2.40. The molecule has 1 heterocycles. The summed E-state index contributed by atoms with van der Waals surface area (Å²) in [5.74, 6) is 0.761. The summed E-state index contributed by atoms with van der Waals surface area (Å²) in [6, 6.07) is 3.24. The molecule has 20 heavy (non-hydrogen) atoms. The van der Waals surface area contributed by atoms with Crippen LogP contribution in [0.15, 0.2) is 12.1 Å². The largest absolute Gasteiger partial charge is 0.508 e. The number of nitrogens with one attached hydrogen (secondary N) is 1. The average molecular weight is 298 g/mol. The molecule has 2 rings (SSSR count). The summed E-state index contributed by atoms with van der Waals surface area (Å²) in [6.45, 7) is 6.79. The molecule has 0 aliphatic carbocycles. The van der Waals surface area contributed by atoms with Crippen molar-refractivity contribution in [1.82, 2.24) is 4.31 Å². The van der Waals surface area contributed by atoms with Gasteiger partial charge in [-0.25, -0.2) is 0 Å². The van der Waals surface area contributed by atoms with Crippen LogP contribution >= 0.6 is 0 Å². The van der Waals surface area contributed by atoms with Gasteiger partial charge >= 0.3 is 10.2 Å². The highest BCUT2D eigenvalue weighted by atomic mass is 32.2. The topological polar surface area (TPSA) is 69.6 Å². The maximum Gasteiger partial charge on any atom is 0.301 e. The van der Waals surface area contributed by atoms with Gasteiger partial charge in [0.2, 0.25) is 0 Å². The van der Waals surface area contributed by atoms with E-state index in [4.69, 9.17) is 0 Å². The Morgan fingerprint density at radius 1 is 1.20 bits per heavy atom. The standard InChI is InChI=1S/C14H22N2O3S/c1-10-4-6-16(7-5-10)20(18,19)15-13-8-12(3)14(17)9-11(13)2/h8-10,15,17H,4-7H2,1-3H3. The lowest BCUT2D eigenvalue weighted by Gasteiger charge is -2.29. The highest BCUT2D eigenvalue weighted by Crippen LogP contribution is 2.27. The van der Waals surface area contributed by atoms with Crippen molar-refractivity contribution in [2.24, 2.45) is 5.92 Å². The molecule has 0 bridgehead atoms. The van der Waals surface area contributed by atoms with Crippen LogP contribution in [0.5, 0.6) is 5.75 Å². The molecule has 112 valence electrons. The molecule has 6 heteroatoms. The molecule has 0 spiro atoms. The van der Waals surface area contributed by atoms with Gasteiger partial charge in [-0.3, -0.25) is 4.72 Å². The van der Waals surface area contributed by atoms with E-state index < -0.39 is 10.2 Å². The lowest BCUT2D eigenvalue weighted by atomic mass is 10.0. The third-order valence-corrected chi connectivity index (χ3v) is 5.39. The molecule has 0 unspecified atom stereocenters. The number of hydrogen-bond acceptors (Lipinski definition) is 3. The van der Waals surface area contributed by atoms with E-state index in [-0.39, 0.29) is 5.75 Å². The number of aryl methyl sites for hydroxylation is 2. The van der Waals surface area contributed by atoms with Crippen molar-refractivity contribution >= 4 is 15.9 Å². The van der Waals surface area contributed by atoms with Crippen LogP contribution in [-0.2, 0) is 10.2 Å². The zero-order chi connectivity index (χ0) is 14.9. The van der Waals surface area contributed by atoms with Crippen molar-refractivity contribution in [1.29, 1.82) is 0 Å². The van der Waals surface area contributed by atoms with Crippen molar-refractivity contribution in [2.45, 2.75) is 33.6 Å². The molecule has 1 fully saturated rings. The van der Waals surface area contributed by atoms with Crippen molar-refractivity contribution in [3.8, 4) is 5.75 Å². The quantitative estimate of drug-likeness (QED) is 0.842. The van der Waals surface area contributed by atoms with Crippen molar-refractivity contribution in [3.63, 3.8) is 0 Å². The van der Waals surface area contributed by atoms with Gasteiger partial charge < -0.3 is 5.11 Å². The highest BCUT2D eigenvalue weighted by Gasteiger charge is 2.26. The third-order valence-electron chi connectivity index (χ3n) is 3.86. The van der Waals surface area contributed by atoms with Crippen molar-refractivity contribution in [3.05, 3.63) is 23.3 Å². The predicted molar refractivity (Wildman–Crippen MR) is 80.1 cm³/mol. The van der Waals surface area contributed by atoms with E-state index in [1.165, 1.54) is 4.31 Å². The van der Waals surface area contributed by atoms with Crippen LogP contribution in [0, 0.1) is 19.8 Å². The molecule has 0 aromatic heterocycles. The monoisotopic (exact) mass is 298 g/mol. The van der Waals surface area contributed by atoms with Crippen molar-refractivity contribution < 1.29 is 13.5 Å². The van der Waals surface area contributed by atoms with Crippen LogP contribution < -0.4 is 4.72 Å². The minimum Gasteiger partial charge on any atom is -0.508 e. The summed E-state index contributed by atoms with van der Waals surface area (Å²) in [6.07, 6.45) is 1.79. The first kappa shape index (κ1) is 15.1. The molecule has 2 N–H and O–H groups in total. The molecule has 0 atom stereocenters. The Morgan fingerprint density at radius 3 is 2.40 bits per heavy atom. The second-order valence-corrected chi connectivity index (χ2v) is 7.31. The Hall–Kier alpha value is -1.27. The molecule has 1 aliphatic rings. The molecule has 1 aromatic carbocycles. The van der Waals surface area contributed by atoms with Gasteiger partial charge in [-0.2, -0.15) is 12.7 Å². The van der Waals surface area contributed by atoms with Crippen LogP contribution in [0.25, 0.3) is 0 Å². The Labute approximate surface area is 120 Å². The number of aromatic hydroxyl groups is 1. The number of piperidine rings is 1. The summed E-state index contributed by atoms with van der Waals surface area (Å²) in [5, 5.41) is 9.61. The van der Waals surface area contributed by atoms with Gasteiger partial charge in [0.25, 0.3) is 0 Å². The molecule has 0 radical (unpaired) electrons. The molecule has 0 saturated carbocycles. The van der Waals surface area contributed by atoms with E-state index in [9.17, 15) is 13.5 Å². The number of phenolic OH excluding ortho intramolecular Hbond substituents is 1. The van der Waals surface area contributed by atoms with Gasteiger partial charge in [-0.1, -0.05) is 6.92 Å². The molecule has 5 nitrogen and oxygen atoms in total.